The molecule has 0 fully saturated rings. The zero-order chi connectivity index (χ0) is 6.57. The Kier molecular flexibility index (Phi) is 4.11. The van der Waals surface area contributed by atoms with Gasteiger partial charge in [-0.15, -0.1) is 0 Å². The Balaban J connectivity index is 3.82. The second kappa shape index (κ2) is 4.04. The molecule has 0 N–H and O–H groups in total. The van der Waals surface area contributed by atoms with Gasteiger partial charge in [-0.3, -0.25) is 0 Å². The summed E-state index contributed by atoms with van der Waals surface area (Å²) in [5, 5.41) is 2.33. The van der Waals surface area contributed by atoms with Gasteiger partial charge in [0.1, 0.15) is 0 Å². The van der Waals surface area contributed by atoms with E-state index in [-0.39, 0.29) is 5.03 Å². The summed E-state index contributed by atoms with van der Waals surface area (Å²) in [4.78, 5) is 3.42. The second-order valence-electron chi connectivity index (χ2n) is 1.00. The van der Waals surface area contributed by atoms with Gasteiger partial charge in [0, 0.05) is 0 Å². The number of alkyl halides is 1. The summed E-state index contributed by atoms with van der Waals surface area (Å²) in [5.41, 5.74) is -0.630. The highest BCUT2D eigenvalue weighted by atomic mass is 35.5. The Morgan fingerprint density at radius 3 is 2.50 bits per heavy atom. The molecule has 0 aromatic rings. The van der Waals surface area contributed by atoms with E-state index >= 15 is 0 Å². The van der Waals surface area contributed by atoms with E-state index in [0.717, 1.165) is 0 Å². The molecule has 0 aliphatic carbocycles. The van der Waals surface area contributed by atoms with Crippen molar-refractivity contribution >= 4 is 40.6 Å². The number of hydrogen-bond donors (Lipinski definition) is 0. The van der Waals surface area contributed by atoms with Gasteiger partial charge in [0.25, 0.3) is 0 Å². The van der Waals surface area contributed by atoms with Crippen molar-refractivity contribution in [2.45, 2.75) is 5.50 Å². The first kappa shape index (κ1) is 8.12. The molecule has 4 heteroatoms. The Morgan fingerprint density at radius 1 is 1.88 bits per heavy atom. The molecule has 8 heavy (non-hydrogen) atoms. The molecule has 0 saturated carbocycles. The Labute approximate surface area is 63.0 Å². The highest BCUT2D eigenvalue weighted by Gasteiger charge is 2.00. The Hall–Kier alpha value is 0.120. The normalized spacial score (nSPS) is 11.8. The first-order valence-electron chi connectivity index (χ1n) is 1.74. The maximum Gasteiger partial charge on any atom is 0.168 e. The van der Waals surface area contributed by atoms with Gasteiger partial charge >= 0.3 is 0 Å². The number of nitrogens with zero attached hydrogens (tertiary/aromatic N) is 1. The van der Waals surface area contributed by atoms with Crippen molar-refractivity contribution in [2.24, 2.45) is 4.99 Å². The predicted octanol–water partition coefficient (Wildman–Crippen LogP) is 2.41. The Bertz CT molecular complexity index is 137. The highest BCUT2D eigenvalue weighted by Crippen LogP contribution is 2.11. The molecule has 0 spiro atoms. The largest absolute Gasteiger partial charge is 0.207 e. The molecule has 1 unspecified atom stereocenters. The molecule has 0 amide bonds. The number of thiocarbonyl (C=S) groups is 1. The summed E-state index contributed by atoms with van der Waals surface area (Å²) in [7, 11) is 0. The lowest BCUT2D eigenvalue weighted by atomic mass is 10.6. The lowest BCUT2D eigenvalue weighted by molar-refractivity contribution is 1.14. The van der Waals surface area contributed by atoms with Gasteiger partial charge in [0.2, 0.25) is 0 Å². The average Bonchev–Trinajstić information content (AvgIpc) is 1.67. The monoisotopic (exact) mass is 167 g/mol. The molecular formula is C4H3Cl2NS. The summed E-state index contributed by atoms with van der Waals surface area (Å²) in [6.45, 7) is 3.33. The number of isothiocyanates is 1. The summed E-state index contributed by atoms with van der Waals surface area (Å²) in [6.07, 6.45) is 0. The molecule has 0 rings (SSSR count). The third-order valence-corrected chi connectivity index (χ3v) is 1.21. The van der Waals surface area contributed by atoms with Crippen LogP contribution in [0.5, 0.6) is 0 Å². The molecule has 1 atom stereocenters. The van der Waals surface area contributed by atoms with Gasteiger partial charge < -0.3 is 0 Å². The highest BCUT2D eigenvalue weighted by molar-refractivity contribution is 7.78. The molecule has 0 aliphatic heterocycles. The van der Waals surface area contributed by atoms with Crippen molar-refractivity contribution in [1.29, 1.82) is 0 Å². The van der Waals surface area contributed by atoms with Crippen LogP contribution in [0.3, 0.4) is 0 Å². The molecule has 0 aliphatic rings. The van der Waals surface area contributed by atoms with E-state index in [4.69, 9.17) is 23.2 Å². The molecule has 0 radical (unpaired) electrons. The second-order valence-corrected chi connectivity index (χ2v) is 2.08. The van der Waals surface area contributed by atoms with Gasteiger partial charge in [-0.2, -0.15) is 0 Å². The number of hydrogen-bond acceptors (Lipinski definition) is 2. The fourth-order valence-corrected chi connectivity index (χ4v) is 0.377. The van der Waals surface area contributed by atoms with Crippen LogP contribution in [0.15, 0.2) is 16.6 Å². The first-order valence-corrected chi connectivity index (χ1v) is 2.96. The van der Waals surface area contributed by atoms with Gasteiger partial charge in [0.05, 0.1) is 10.2 Å². The van der Waals surface area contributed by atoms with Crippen molar-refractivity contribution in [3.63, 3.8) is 0 Å². The molecule has 0 heterocycles. The molecule has 0 aromatic carbocycles. The summed E-state index contributed by atoms with van der Waals surface area (Å²) < 4.78 is 0. The third kappa shape index (κ3) is 3.16. The topological polar surface area (TPSA) is 12.4 Å². The molecule has 0 bridgehead atoms. The van der Waals surface area contributed by atoms with Crippen LogP contribution in [0, 0.1) is 0 Å². The van der Waals surface area contributed by atoms with E-state index < -0.39 is 5.50 Å². The lowest BCUT2D eigenvalue weighted by Gasteiger charge is -1.93. The molecular weight excluding hydrogens is 165 g/mol. The van der Waals surface area contributed by atoms with Crippen LogP contribution in [0.2, 0.25) is 0 Å². The average molecular weight is 168 g/mol. The first-order chi connectivity index (χ1) is 3.68. The summed E-state index contributed by atoms with van der Waals surface area (Å²) >= 11 is 14.9. The zero-order valence-electron chi connectivity index (χ0n) is 3.90. The van der Waals surface area contributed by atoms with Crippen molar-refractivity contribution < 1.29 is 0 Å². The van der Waals surface area contributed by atoms with Crippen LogP contribution >= 0.6 is 35.4 Å². The standard InChI is InChI=1S/C4H3Cl2NS/c1-3(5)4(6)7-2-8/h4H,1H2. The summed E-state index contributed by atoms with van der Waals surface area (Å²) in [5.74, 6) is 0. The molecule has 0 aromatic heterocycles. The van der Waals surface area contributed by atoms with Crippen LogP contribution in [0.4, 0.5) is 0 Å². The van der Waals surface area contributed by atoms with Gasteiger partial charge in [0.15, 0.2) is 5.50 Å². The summed E-state index contributed by atoms with van der Waals surface area (Å²) in [6, 6.07) is 0. The van der Waals surface area contributed by atoms with Crippen LogP contribution < -0.4 is 0 Å². The minimum absolute atomic E-state index is 0.254. The third-order valence-electron chi connectivity index (χ3n) is 0.425. The van der Waals surface area contributed by atoms with E-state index in [9.17, 15) is 0 Å². The van der Waals surface area contributed by atoms with Crippen LogP contribution in [0.25, 0.3) is 0 Å². The van der Waals surface area contributed by atoms with Crippen molar-refractivity contribution in [1.82, 2.24) is 0 Å². The predicted molar refractivity (Wildman–Crippen MR) is 39.7 cm³/mol. The van der Waals surface area contributed by atoms with Gasteiger partial charge in [-0.25, -0.2) is 4.99 Å². The maximum atomic E-state index is 5.39. The van der Waals surface area contributed by atoms with E-state index in [1.54, 1.807) is 0 Å². The van der Waals surface area contributed by atoms with Gasteiger partial charge in [-0.1, -0.05) is 29.8 Å². The smallest absolute Gasteiger partial charge is 0.168 e. The van der Waals surface area contributed by atoms with Crippen LogP contribution in [0.1, 0.15) is 0 Å². The quantitative estimate of drug-likeness (QED) is 0.267. The van der Waals surface area contributed by atoms with E-state index in [0.29, 0.717) is 0 Å². The van der Waals surface area contributed by atoms with Crippen molar-refractivity contribution in [3.05, 3.63) is 11.6 Å². The number of aliphatic imine (C=N–C) groups is 1. The fourth-order valence-electron chi connectivity index (χ4n) is 0.116. The van der Waals surface area contributed by atoms with Crippen LogP contribution in [-0.4, -0.2) is 10.7 Å². The van der Waals surface area contributed by atoms with E-state index in [2.05, 4.69) is 29.0 Å². The molecule has 0 saturated heterocycles. The maximum absolute atomic E-state index is 5.39. The SMILES string of the molecule is C=C(Cl)C(Cl)N=C=S. The van der Waals surface area contributed by atoms with E-state index in [1.165, 1.54) is 0 Å². The number of halogens is 2. The van der Waals surface area contributed by atoms with Crippen LogP contribution in [-0.2, 0) is 0 Å². The Morgan fingerprint density at radius 2 is 2.38 bits per heavy atom. The van der Waals surface area contributed by atoms with E-state index in [1.807, 2.05) is 0 Å². The zero-order valence-corrected chi connectivity index (χ0v) is 6.22. The lowest BCUT2D eigenvalue weighted by Crippen LogP contribution is -1.89. The fraction of sp³-hybridized carbons (Fsp3) is 0.250. The van der Waals surface area contributed by atoms with Gasteiger partial charge in [-0.05, 0) is 12.2 Å². The molecule has 1 nitrogen and oxygen atoms in total. The van der Waals surface area contributed by atoms with Crippen molar-refractivity contribution in [3.8, 4) is 0 Å². The minimum atomic E-state index is -0.630. The molecule has 44 valence electrons. The number of rotatable bonds is 2. The van der Waals surface area contributed by atoms with Crippen molar-refractivity contribution in [2.75, 3.05) is 0 Å². The minimum Gasteiger partial charge on any atom is -0.207 e.